The minimum absolute atomic E-state index is 0.198. The van der Waals surface area contributed by atoms with Gasteiger partial charge in [0.15, 0.2) is 0 Å². The van der Waals surface area contributed by atoms with Gasteiger partial charge in [0.2, 0.25) is 6.54 Å². The number of hydrogen-bond donors (Lipinski definition) is 0. The molecule has 0 aliphatic carbocycles. The van der Waals surface area contributed by atoms with Gasteiger partial charge in [-0.2, -0.15) is 5.10 Å². The fourth-order valence-electron chi connectivity index (χ4n) is 2.38. The summed E-state index contributed by atoms with van der Waals surface area (Å²) < 4.78 is 7.12. The van der Waals surface area contributed by atoms with Crippen LogP contribution in [0.5, 0.6) is 5.75 Å². The SMILES string of the molecule is CCOc1ccc(C(C[N+](=O)[O-])n2nc(C)cc2C)cc1. The molecule has 0 N–H and O–H groups in total. The van der Waals surface area contributed by atoms with Gasteiger partial charge in [0, 0.05) is 10.6 Å². The van der Waals surface area contributed by atoms with Gasteiger partial charge in [-0.3, -0.25) is 14.8 Å². The maximum atomic E-state index is 11.0. The first-order chi connectivity index (χ1) is 10.0. The monoisotopic (exact) mass is 289 g/mol. The maximum absolute atomic E-state index is 11.0. The van der Waals surface area contributed by atoms with Gasteiger partial charge >= 0.3 is 0 Å². The molecule has 2 rings (SSSR count). The molecule has 0 saturated heterocycles. The van der Waals surface area contributed by atoms with Crippen LogP contribution in [-0.2, 0) is 0 Å². The third kappa shape index (κ3) is 3.59. The molecule has 0 bridgehead atoms. The highest BCUT2D eigenvalue weighted by Gasteiger charge is 2.22. The molecule has 1 aromatic carbocycles. The minimum atomic E-state index is -0.413. The van der Waals surface area contributed by atoms with Crippen LogP contribution in [-0.4, -0.2) is 27.9 Å². The Morgan fingerprint density at radius 3 is 2.48 bits per heavy atom. The standard InChI is InChI=1S/C15H19N3O3/c1-4-21-14-7-5-13(6-8-14)15(10-17(19)20)18-12(3)9-11(2)16-18/h5-9,15H,4,10H2,1-3H3. The summed E-state index contributed by atoms with van der Waals surface area (Å²) >= 11 is 0. The Morgan fingerprint density at radius 2 is 2.00 bits per heavy atom. The molecule has 1 unspecified atom stereocenters. The van der Waals surface area contributed by atoms with E-state index in [-0.39, 0.29) is 11.5 Å². The lowest BCUT2D eigenvalue weighted by atomic mass is 10.1. The van der Waals surface area contributed by atoms with Crippen molar-refractivity contribution in [3.05, 3.63) is 57.4 Å². The van der Waals surface area contributed by atoms with E-state index >= 15 is 0 Å². The van der Waals surface area contributed by atoms with Crippen LogP contribution in [0.2, 0.25) is 0 Å². The Labute approximate surface area is 123 Å². The van der Waals surface area contributed by atoms with E-state index in [9.17, 15) is 10.1 Å². The second kappa shape index (κ2) is 6.39. The van der Waals surface area contributed by atoms with Crippen molar-refractivity contribution in [3.63, 3.8) is 0 Å². The Bertz CT molecular complexity index is 620. The predicted octanol–water partition coefficient (Wildman–Crippen LogP) is 2.76. The van der Waals surface area contributed by atoms with E-state index in [1.807, 2.05) is 51.1 Å². The lowest BCUT2D eigenvalue weighted by Crippen LogP contribution is -2.22. The molecule has 1 heterocycles. The molecule has 1 aromatic heterocycles. The lowest BCUT2D eigenvalue weighted by Gasteiger charge is -2.16. The van der Waals surface area contributed by atoms with Crippen molar-refractivity contribution in [2.45, 2.75) is 26.8 Å². The third-order valence-electron chi connectivity index (χ3n) is 3.24. The fourth-order valence-corrected chi connectivity index (χ4v) is 2.38. The number of aryl methyl sites for hydroxylation is 2. The summed E-state index contributed by atoms with van der Waals surface area (Å²) in [6.45, 7) is 6.09. The summed E-state index contributed by atoms with van der Waals surface area (Å²) in [5.74, 6) is 0.759. The van der Waals surface area contributed by atoms with Crippen LogP contribution in [0.4, 0.5) is 0 Å². The molecule has 21 heavy (non-hydrogen) atoms. The Kier molecular flexibility index (Phi) is 4.57. The minimum Gasteiger partial charge on any atom is -0.494 e. The van der Waals surface area contributed by atoms with Crippen molar-refractivity contribution < 1.29 is 9.66 Å². The van der Waals surface area contributed by atoms with Crippen LogP contribution in [0.15, 0.2) is 30.3 Å². The molecule has 6 nitrogen and oxygen atoms in total. The number of rotatable bonds is 6. The van der Waals surface area contributed by atoms with Gasteiger partial charge in [-0.15, -0.1) is 0 Å². The normalized spacial score (nSPS) is 12.1. The average Bonchev–Trinajstić information content (AvgIpc) is 2.76. The maximum Gasteiger partial charge on any atom is 0.230 e. The molecular formula is C15H19N3O3. The van der Waals surface area contributed by atoms with E-state index in [2.05, 4.69) is 5.10 Å². The summed E-state index contributed by atoms with van der Waals surface area (Å²) in [7, 11) is 0. The lowest BCUT2D eigenvalue weighted by molar-refractivity contribution is -0.484. The van der Waals surface area contributed by atoms with Gasteiger partial charge < -0.3 is 4.74 Å². The summed E-state index contributed by atoms with van der Waals surface area (Å²) in [5.41, 5.74) is 2.61. The first kappa shape index (κ1) is 15.0. The quantitative estimate of drug-likeness (QED) is 0.605. The van der Waals surface area contributed by atoms with Crippen LogP contribution in [0.25, 0.3) is 0 Å². The fraction of sp³-hybridized carbons (Fsp3) is 0.400. The molecule has 0 saturated carbocycles. The van der Waals surface area contributed by atoms with Crippen LogP contribution >= 0.6 is 0 Å². The van der Waals surface area contributed by atoms with E-state index in [4.69, 9.17) is 4.74 Å². The summed E-state index contributed by atoms with van der Waals surface area (Å²) in [5, 5.41) is 15.4. The first-order valence-electron chi connectivity index (χ1n) is 6.88. The van der Waals surface area contributed by atoms with Gasteiger partial charge in [-0.25, -0.2) is 0 Å². The van der Waals surface area contributed by atoms with E-state index in [1.54, 1.807) is 4.68 Å². The van der Waals surface area contributed by atoms with Gasteiger partial charge in [-0.1, -0.05) is 12.1 Å². The molecule has 0 amide bonds. The summed E-state index contributed by atoms with van der Waals surface area (Å²) in [6.07, 6.45) is 0. The number of nitro groups is 1. The largest absolute Gasteiger partial charge is 0.494 e. The number of ether oxygens (including phenoxy) is 1. The topological polar surface area (TPSA) is 70.2 Å². The molecule has 112 valence electrons. The molecule has 0 aliphatic rings. The zero-order chi connectivity index (χ0) is 15.4. The second-order valence-corrected chi connectivity index (χ2v) is 4.90. The van der Waals surface area contributed by atoms with Crippen molar-refractivity contribution in [3.8, 4) is 5.75 Å². The smallest absolute Gasteiger partial charge is 0.230 e. The van der Waals surface area contributed by atoms with Crippen molar-refractivity contribution in [1.82, 2.24) is 9.78 Å². The molecule has 0 aliphatic heterocycles. The second-order valence-electron chi connectivity index (χ2n) is 4.90. The average molecular weight is 289 g/mol. The highest BCUT2D eigenvalue weighted by Crippen LogP contribution is 2.23. The molecular weight excluding hydrogens is 270 g/mol. The Balaban J connectivity index is 2.35. The third-order valence-corrected chi connectivity index (χ3v) is 3.24. The van der Waals surface area contributed by atoms with Crippen LogP contribution in [0, 0.1) is 24.0 Å². The van der Waals surface area contributed by atoms with Crippen molar-refractivity contribution >= 4 is 0 Å². The van der Waals surface area contributed by atoms with Gasteiger partial charge in [0.1, 0.15) is 11.8 Å². The molecule has 0 fully saturated rings. The van der Waals surface area contributed by atoms with E-state index < -0.39 is 6.04 Å². The zero-order valence-electron chi connectivity index (χ0n) is 12.4. The van der Waals surface area contributed by atoms with E-state index in [0.717, 1.165) is 22.7 Å². The molecule has 0 spiro atoms. The van der Waals surface area contributed by atoms with Crippen LogP contribution < -0.4 is 4.74 Å². The van der Waals surface area contributed by atoms with Crippen molar-refractivity contribution in [1.29, 1.82) is 0 Å². The van der Waals surface area contributed by atoms with Gasteiger partial charge in [-0.05, 0) is 44.5 Å². The van der Waals surface area contributed by atoms with E-state index in [0.29, 0.717) is 6.61 Å². The van der Waals surface area contributed by atoms with Crippen LogP contribution in [0.1, 0.15) is 29.9 Å². The summed E-state index contributed by atoms with van der Waals surface area (Å²) in [6, 6.07) is 8.88. The molecule has 2 aromatic rings. The van der Waals surface area contributed by atoms with E-state index in [1.165, 1.54) is 0 Å². The highest BCUT2D eigenvalue weighted by molar-refractivity contribution is 5.30. The molecule has 1 atom stereocenters. The van der Waals surface area contributed by atoms with Gasteiger partial charge in [0.05, 0.1) is 12.3 Å². The molecule has 6 heteroatoms. The first-order valence-corrected chi connectivity index (χ1v) is 6.88. The zero-order valence-corrected chi connectivity index (χ0v) is 12.4. The number of aromatic nitrogens is 2. The van der Waals surface area contributed by atoms with Crippen molar-refractivity contribution in [2.24, 2.45) is 0 Å². The Hall–Kier alpha value is -2.37. The number of hydrogen-bond acceptors (Lipinski definition) is 4. The molecule has 0 radical (unpaired) electrons. The Morgan fingerprint density at radius 1 is 1.33 bits per heavy atom. The number of benzene rings is 1. The highest BCUT2D eigenvalue weighted by atomic mass is 16.6. The number of nitrogens with zero attached hydrogens (tertiary/aromatic N) is 3. The van der Waals surface area contributed by atoms with Crippen molar-refractivity contribution in [2.75, 3.05) is 13.2 Å². The van der Waals surface area contributed by atoms with Crippen LogP contribution in [0.3, 0.4) is 0 Å². The van der Waals surface area contributed by atoms with Gasteiger partial charge in [0.25, 0.3) is 0 Å². The predicted molar refractivity (Wildman–Crippen MR) is 79.3 cm³/mol. The summed E-state index contributed by atoms with van der Waals surface area (Å²) in [4.78, 5) is 10.7.